The molecule has 4 N–H and O–H groups in total. The van der Waals surface area contributed by atoms with Gasteiger partial charge in [0.05, 0.1) is 0 Å². The van der Waals surface area contributed by atoms with Crippen molar-refractivity contribution in [3.05, 3.63) is 11.8 Å². The maximum absolute atomic E-state index is 11.4. The Labute approximate surface area is 103 Å². The molecular formula is C12H22N4O. The quantitative estimate of drug-likeness (QED) is 0.518. The van der Waals surface area contributed by atoms with Crippen LogP contribution in [0.5, 0.6) is 0 Å². The molecule has 0 radical (unpaired) electrons. The molecule has 0 saturated carbocycles. The molecule has 1 atom stereocenters. The van der Waals surface area contributed by atoms with E-state index in [2.05, 4.69) is 16.0 Å². The average molecular weight is 238 g/mol. The van der Waals surface area contributed by atoms with Gasteiger partial charge in [-0.25, -0.2) is 0 Å². The van der Waals surface area contributed by atoms with Gasteiger partial charge in [0.15, 0.2) is 0 Å². The smallest absolute Gasteiger partial charge is 0.222 e. The summed E-state index contributed by atoms with van der Waals surface area (Å²) in [6.45, 7) is 6.15. The van der Waals surface area contributed by atoms with Crippen LogP contribution >= 0.6 is 0 Å². The zero-order chi connectivity index (χ0) is 12.7. The van der Waals surface area contributed by atoms with Crippen LogP contribution in [0.25, 0.3) is 0 Å². The van der Waals surface area contributed by atoms with Gasteiger partial charge in [-0.3, -0.25) is 4.79 Å². The zero-order valence-corrected chi connectivity index (χ0v) is 10.5. The Morgan fingerprint density at radius 2 is 2.41 bits per heavy atom. The molecular weight excluding hydrogens is 216 g/mol. The maximum atomic E-state index is 11.4. The van der Waals surface area contributed by atoms with Crippen LogP contribution in [-0.2, 0) is 4.79 Å². The largest absolute Gasteiger partial charge is 0.383 e. The second kappa shape index (κ2) is 7.06. The van der Waals surface area contributed by atoms with Crippen molar-refractivity contribution in [3.63, 3.8) is 0 Å². The first-order chi connectivity index (χ1) is 8.13. The molecule has 96 valence electrons. The standard InChI is InChI=1S/C12H22N4O/c1-9(2)12(17)15-6-4-11-8-14-7-10(16-11)3-5-13/h3,5,9,11,13-14,16H,4,6-8H2,1-2H3,(H,15,17)/b10-3-,13-5?. The molecule has 1 unspecified atom stereocenters. The van der Waals surface area contributed by atoms with Gasteiger partial charge in [0.2, 0.25) is 5.91 Å². The predicted molar refractivity (Wildman–Crippen MR) is 69.1 cm³/mol. The molecule has 1 aliphatic rings. The average Bonchev–Trinajstić information content (AvgIpc) is 2.29. The molecule has 0 aliphatic carbocycles. The Balaban J connectivity index is 2.25. The van der Waals surface area contributed by atoms with Crippen LogP contribution in [0.2, 0.25) is 0 Å². The molecule has 1 rings (SSSR count). The summed E-state index contributed by atoms with van der Waals surface area (Å²) in [6, 6.07) is 0.322. The maximum Gasteiger partial charge on any atom is 0.222 e. The molecule has 1 aliphatic heterocycles. The molecule has 5 heteroatoms. The van der Waals surface area contributed by atoms with Gasteiger partial charge in [-0.2, -0.15) is 0 Å². The molecule has 17 heavy (non-hydrogen) atoms. The van der Waals surface area contributed by atoms with Gasteiger partial charge in [0, 0.05) is 43.5 Å². The number of carbonyl (C=O) groups is 1. The highest BCUT2D eigenvalue weighted by Gasteiger charge is 2.15. The first-order valence-electron chi connectivity index (χ1n) is 6.08. The molecule has 0 aromatic carbocycles. The summed E-state index contributed by atoms with van der Waals surface area (Å²) < 4.78 is 0. The number of hydrogen-bond donors (Lipinski definition) is 4. The van der Waals surface area contributed by atoms with Crippen LogP contribution in [-0.4, -0.2) is 37.8 Å². The summed E-state index contributed by atoms with van der Waals surface area (Å²) in [4.78, 5) is 11.4. The Morgan fingerprint density at radius 3 is 3.06 bits per heavy atom. The van der Waals surface area contributed by atoms with E-state index in [1.807, 2.05) is 13.8 Å². The Morgan fingerprint density at radius 1 is 1.65 bits per heavy atom. The number of piperazine rings is 1. The van der Waals surface area contributed by atoms with Crippen molar-refractivity contribution in [1.29, 1.82) is 5.41 Å². The van der Waals surface area contributed by atoms with Crippen molar-refractivity contribution >= 4 is 12.1 Å². The number of amides is 1. The van der Waals surface area contributed by atoms with Crippen LogP contribution in [0.15, 0.2) is 11.8 Å². The number of hydrogen-bond acceptors (Lipinski definition) is 4. The molecule has 5 nitrogen and oxygen atoms in total. The molecule has 1 saturated heterocycles. The lowest BCUT2D eigenvalue weighted by atomic mass is 10.1. The second-order valence-electron chi connectivity index (χ2n) is 4.57. The van der Waals surface area contributed by atoms with Crippen molar-refractivity contribution in [2.75, 3.05) is 19.6 Å². The first-order valence-corrected chi connectivity index (χ1v) is 6.08. The van der Waals surface area contributed by atoms with Crippen molar-refractivity contribution in [1.82, 2.24) is 16.0 Å². The van der Waals surface area contributed by atoms with E-state index < -0.39 is 0 Å². The van der Waals surface area contributed by atoms with Gasteiger partial charge >= 0.3 is 0 Å². The fourth-order valence-electron chi connectivity index (χ4n) is 1.70. The van der Waals surface area contributed by atoms with E-state index in [0.29, 0.717) is 12.6 Å². The van der Waals surface area contributed by atoms with Crippen LogP contribution < -0.4 is 16.0 Å². The Bertz CT molecular complexity index is 299. The van der Waals surface area contributed by atoms with E-state index in [9.17, 15) is 4.79 Å². The summed E-state index contributed by atoms with van der Waals surface area (Å²) in [5, 5.41) is 16.6. The van der Waals surface area contributed by atoms with E-state index in [4.69, 9.17) is 5.41 Å². The summed E-state index contributed by atoms with van der Waals surface area (Å²) >= 11 is 0. The van der Waals surface area contributed by atoms with Gasteiger partial charge in [-0.05, 0) is 12.5 Å². The summed E-state index contributed by atoms with van der Waals surface area (Å²) in [7, 11) is 0. The summed E-state index contributed by atoms with van der Waals surface area (Å²) in [5.74, 6) is 0.143. The lowest BCUT2D eigenvalue weighted by Crippen LogP contribution is -2.48. The van der Waals surface area contributed by atoms with Crippen LogP contribution in [0, 0.1) is 11.3 Å². The normalized spacial score (nSPS) is 22.3. The van der Waals surface area contributed by atoms with Crippen molar-refractivity contribution < 1.29 is 4.79 Å². The highest BCUT2D eigenvalue weighted by molar-refractivity contribution is 5.77. The topological polar surface area (TPSA) is 77.0 Å². The van der Waals surface area contributed by atoms with Gasteiger partial charge in [-0.15, -0.1) is 0 Å². The van der Waals surface area contributed by atoms with E-state index in [1.165, 1.54) is 6.21 Å². The summed E-state index contributed by atoms with van der Waals surface area (Å²) in [5.41, 5.74) is 1.03. The van der Waals surface area contributed by atoms with Crippen LogP contribution in [0.3, 0.4) is 0 Å². The third kappa shape index (κ3) is 4.99. The zero-order valence-electron chi connectivity index (χ0n) is 10.5. The van der Waals surface area contributed by atoms with E-state index in [-0.39, 0.29) is 11.8 Å². The monoisotopic (exact) mass is 238 g/mol. The lowest BCUT2D eigenvalue weighted by Gasteiger charge is -2.27. The number of rotatable bonds is 5. The minimum atomic E-state index is 0.0424. The molecule has 0 spiro atoms. The van der Waals surface area contributed by atoms with Crippen LogP contribution in [0.4, 0.5) is 0 Å². The lowest BCUT2D eigenvalue weighted by molar-refractivity contribution is -0.123. The van der Waals surface area contributed by atoms with Crippen molar-refractivity contribution in [2.24, 2.45) is 5.92 Å². The van der Waals surface area contributed by atoms with E-state index in [1.54, 1.807) is 6.08 Å². The number of carbonyl (C=O) groups excluding carboxylic acids is 1. The Kier molecular flexibility index (Phi) is 5.69. The highest BCUT2D eigenvalue weighted by atomic mass is 16.1. The van der Waals surface area contributed by atoms with Gasteiger partial charge in [-0.1, -0.05) is 13.8 Å². The second-order valence-corrected chi connectivity index (χ2v) is 4.57. The van der Waals surface area contributed by atoms with Crippen molar-refractivity contribution in [2.45, 2.75) is 26.3 Å². The minimum Gasteiger partial charge on any atom is -0.383 e. The van der Waals surface area contributed by atoms with E-state index in [0.717, 1.165) is 25.2 Å². The highest BCUT2D eigenvalue weighted by Crippen LogP contribution is 2.01. The molecule has 0 bridgehead atoms. The number of allylic oxidation sites excluding steroid dienone is 1. The SMILES string of the molecule is CC(C)C(=O)NCCC1CNC/C(=C/C=N)N1. The predicted octanol–water partition coefficient (Wildman–Crippen LogP) is 0.244. The van der Waals surface area contributed by atoms with Gasteiger partial charge in [0.25, 0.3) is 0 Å². The third-order valence-electron chi connectivity index (χ3n) is 2.70. The van der Waals surface area contributed by atoms with Gasteiger partial charge in [0.1, 0.15) is 0 Å². The van der Waals surface area contributed by atoms with Crippen LogP contribution in [0.1, 0.15) is 20.3 Å². The fraction of sp³-hybridized carbons (Fsp3) is 0.667. The molecule has 0 aromatic heterocycles. The van der Waals surface area contributed by atoms with E-state index >= 15 is 0 Å². The van der Waals surface area contributed by atoms with Crippen molar-refractivity contribution in [3.8, 4) is 0 Å². The van der Waals surface area contributed by atoms with Gasteiger partial charge < -0.3 is 21.4 Å². The fourth-order valence-corrected chi connectivity index (χ4v) is 1.70. The summed E-state index contributed by atoms with van der Waals surface area (Å²) in [6.07, 6.45) is 3.93. The first kappa shape index (κ1) is 13.7. The third-order valence-corrected chi connectivity index (χ3v) is 2.70. The molecule has 1 fully saturated rings. The minimum absolute atomic E-state index is 0.0424. The molecule has 0 aromatic rings. The molecule has 1 heterocycles. The Hall–Kier alpha value is -1.36. The molecule has 1 amide bonds. The number of nitrogens with one attached hydrogen (secondary N) is 4.